The van der Waals surface area contributed by atoms with Gasteiger partial charge >= 0.3 is 0 Å². The zero-order valence-corrected chi connectivity index (χ0v) is 8.41. The van der Waals surface area contributed by atoms with Crippen molar-refractivity contribution >= 4 is 21.8 Å². The first kappa shape index (κ1) is 5.80. The molecule has 1 aromatic heterocycles. The first-order chi connectivity index (χ1) is 7.38. The number of halogens is 1. The second-order valence-corrected chi connectivity index (χ2v) is 3.72. The van der Waals surface area contributed by atoms with E-state index in [1.54, 1.807) is 6.07 Å². The summed E-state index contributed by atoms with van der Waals surface area (Å²) in [5.74, 6) is -0.422. The molecule has 1 aliphatic heterocycles. The Kier molecular flexibility index (Phi) is 1.40. The molecule has 0 bridgehead atoms. The minimum Gasteiger partial charge on any atom is -0.344 e. The van der Waals surface area contributed by atoms with E-state index in [0.29, 0.717) is 11.0 Å². The van der Waals surface area contributed by atoms with Crippen molar-refractivity contribution in [3.63, 3.8) is 0 Å². The molecule has 2 heterocycles. The number of amides is 1. The molecule has 0 saturated heterocycles. The van der Waals surface area contributed by atoms with Gasteiger partial charge in [-0.1, -0.05) is 0 Å². The van der Waals surface area contributed by atoms with Crippen molar-refractivity contribution in [2.45, 2.75) is 13.0 Å². The molecule has 0 N–H and O–H groups in total. The van der Waals surface area contributed by atoms with Gasteiger partial charge < -0.3 is 4.90 Å². The Bertz CT molecular complexity index is 429. The summed E-state index contributed by atoms with van der Waals surface area (Å²) in [6.07, 6.45) is 0.503. The summed E-state index contributed by atoms with van der Waals surface area (Å²) < 4.78 is 24.0. The Hall–Kier alpha value is -0.840. The third kappa shape index (κ3) is 1.60. The van der Waals surface area contributed by atoms with Gasteiger partial charge in [0.1, 0.15) is 11.1 Å². The molecule has 1 aliphatic rings. The highest BCUT2D eigenvalue weighted by Crippen LogP contribution is 2.14. The molecule has 1 aromatic rings. The highest BCUT2D eigenvalue weighted by atomic mass is 79.9. The number of rotatable bonds is 0. The Morgan fingerprint density at radius 1 is 1.77 bits per heavy atom. The van der Waals surface area contributed by atoms with Gasteiger partial charge in [0.15, 0.2) is 0 Å². The zero-order chi connectivity index (χ0) is 11.9. The summed E-state index contributed by atoms with van der Waals surface area (Å²) >= 11 is 3.22. The monoisotopic (exact) mass is 246 g/mol. The van der Waals surface area contributed by atoms with Crippen LogP contribution in [-0.4, -0.2) is 34.1 Å². The summed E-state index contributed by atoms with van der Waals surface area (Å²) in [5, 5.41) is 4.08. The largest absolute Gasteiger partial charge is 0.344 e. The molecular weight excluding hydrogens is 234 g/mol. The first-order valence-electron chi connectivity index (χ1n) is 5.40. The van der Waals surface area contributed by atoms with Crippen molar-refractivity contribution < 1.29 is 8.91 Å². The predicted octanol–water partition coefficient (Wildman–Crippen LogP) is 0.660. The van der Waals surface area contributed by atoms with Crippen LogP contribution in [0.15, 0.2) is 10.7 Å². The average molecular weight is 247 g/mol. The van der Waals surface area contributed by atoms with Gasteiger partial charge in [0.05, 0.1) is 0 Å². The van der Waals surface area contributed by atoms with Gasteiger partial charge in [0.25, 0.3) is 0 Å². The minimum absolute atomic E-state index is 0.0146. The Balaban J connectivity index is 2.26. The smallest absolute Gasteiger partial charge is 0.244 e. The average Bonchev–Trinajstić information content (AvgIpc) is 2.36. The molecule has 70 valence electrons. The van der Waals surface area contributed by atoms with Gasteiger partial charge in [-0.05, 0) is 22.0 Å². The Morgan fingerprint density at radius 3 is 3.38 bits per heavy atom. The molecule has 0 unspecified atom stereocenters. The molecular formula is C8H10BrN3O. The summed E-state index contributed by atoms with van der Waals surface area (Å²) in [7, 11) is 0. The van der Waals surface area contributed by atoms with E-state index >= 15 is 0 Å². The summed E-state index contributed by atoms with van der Waals surface area (Å²) in [6.45, 7) is -2.18. The first-order valence-corrected chi connectivity index (χ1v) is 4.70. The maximum atomic E-state index is 11.7. The SMILES string of the molecule is [2H]C([2H])([2H])N1CCc2cc(Br)nn2CC1=O. The number of carbonyl (C=O) groups excluding carboxylic acids is 1. The van der Waals surface area contributed by atoms with Gasteiger partial charge in [0.2, 0.25) is 5.91 Å². The van der Waals surface area contributed by atoms with E-state index in [1.165, 1.54) is 4.68 Å². The third-order valence-corrected chi connectivity index (χ3v) is 2.40. The number of hydrogen-bond acceptors (Lipinski definition) is 2. The van der Waals surface area contributed by atoms with Crippen molar-refractivity contribution in [3.05, 3.63) is 16.4 Å². The van der Waals surface area contributed by atoms with E-state index in [2.05, 4.69) is 21.0 Å². The highest BCUT2D eigenvalue weighted by Gasteiger charge is 2.18. The quantitative estimate of drug-likeness (QED) is 0.675. The molecule has 0 fully saturated rings. The van der Waals surface area contributed by atoms with Crippen LogP contribution >= 0.6 is 15.9 Å². The molecule has 2 rings (SSSR count). The Morgan fingerprint density at radius 2 is 2.62 bits per heavy atom. The van der Waals surface area contributed by atoms with Crippen LogP contribution < -0.4 is 0 Å². The van der Waals surface area contributed by atoms with Crippen LogP contribution in [0.2, 0.25) is 0 Å². The topological polar surface area (TPSA) is 38.1 Å². The van der Waals surface area contributed by atoms with Crippen LogP contribution in [0.3, 0.4) is 0 Å². The molecule has 4 nitrogen and oxygen atoms in total. The molecule has 0 saturated carbocycles. The lowest BCUT2D eigenvalue weighted by molar-refractivity contribution is -0.130. The number of likely N-dealkylation sites (N-methyl/N-ethyl adjacent to an activating group) is 1. The van der Waals surface area contributed by atoms with Crippen LogP contribution in [0.25, 0.3) is 0 Å². The minimum atomic E-state index is -2.36. The summed E-state index contributed by atoms with van der Waals surface area (Å²) in [4.78, 5) is 12.6. The molecule has 5 heteroatoms. The number of carbonyl (C=O) groups is 1. The van der Waals surface area contributed by atoms with E-state index in [4.69, 9.17) is 4.11 Å². The second-order valence-electron chi connectivity index (χ2n) is 2.91. The molecule has 0 aliphatic carbocycles. The highest BCUT2D eigenvalue weighted by molar-refractivity contribution is 9.10. The molecule has 0 atom stereocenters. The fraction of sp³-hybridized carbons (Fsp3) is 0.500. The normalized spacial score (nSPS) is 21.5. The van der Waals surface area contributed by atoms with E-state index in [9.17, 15) is 4.79 Å². The van der Waals surface area contributed by atoms with Crippen LogP contribution in [-0.2, 0) is 17.8 Å². The van der Waals surface area contributed by atoms with Gasteiger partial charge in [0, 0.05) is 29.7 Å². The van der Waals surface area contributed by atoms with E-state index < -0.39 is 12.9 Å². The maximum absolute atomic E-state index is 11.7. The fourth-order valence-electron chi connectivity index (χ4n) is 1.32. The third-order valence-electron chi connectivity index (χ3n) is 2.01. The van der Waals surface area contributed by atoms with E-state index in [0.717, 1.165) is 10.6 Å². The Labute approximate surface area is 88.9 Å². The van der Waals surface area contributed by atoms with Crippen molar-refractivity contribution in [1.82, 2.24) is 14.7 Å². The standard InChI is InChI=1S/C8H10BrN3O/c1-11-3-2-6-4-7(9)10-12(6)5-8(11)13/h4H,2-3,5H2,1H3/i1D3. The number of nitrogens with zero attached hydrogens (tertiary/aromatic N) is 3. The van der Waals surface area contributed by atoms with Gasteiger partial charge in [-0.2, -0.15) is 5.10 Å². The van der Waals surface area contributed by atoms with Crippen LogP contribution in [0.5, 0.6) is 0 Å². The van der Waals surface area contributed by atoms with E-state index in [1.807, 2.05) is 0 Å². The summed E-state index contributed by atoms with van der Waals surface area (Å²) in [6, 6.07) is 1.80. The predicted molar refractivity (Wildman–Crippen MR) is 51.3 cm³/mol. The second kappa shape index (κ2) is 3.14. The number of fused-ring (bicyclic) bond motifs is 1. The fourth-order valence-corrected chi connectivity index (χ4v) is 1.78. The van der Waals surface area contributed by atoms with Crippen molar-refractivity contribution in [2.24, 2.45) is 0 Å². The molecule has 0 radical (unpaired) electrons. The van der Waals surface area contributed by atoms with Crippen molar-refractivity contribution in [1.29, 1.82) is 0 Å². The summed E-state index contributed by atoms with van der Waals surface area (Å²) in [5.41, 5.74) is 0.868. The van der Waals surface area contributed by atoms with Gasteiger partial charge in [-0.3, -0.25) is 9.48 Å². The number of aromatic nitrogens is 2. The molecule has 13 heavy (non-hydrogen) atoms. The van der Waals surface area contributed by atoms with Crippen molar-refractivity contribution in [3.8, 4) is 0 Å². The van der Waals surface area contributed by atoms with Gasteiger partial charge in [-0.15, -0.1) is 0 Å². The molecule has 1 amide bonds. The molecule has 0 spiro atoms. The maximum Gasteiger partial charge on any atom is 0.244 e. The molecule has 0 aromatic carbocycles. The van der Waals surface area contributed by atoms with E-state index in [-0.39, 0.29) is 13.1 Å². The lowest BCUT2D eigenvalue weighted by Gasteiger charge is -2.11. The number of hydrogen-bond donors (Lipinski definition) is 0. The van der Waals surface area contributed by atoms with Gasteiger partial charge in [-0.25, -0.2) is 0 Å². The zero-order valence-electron chi connectivity index (χ0n) is 9.83. The van der Waals surface area contributed by atoms with Crippen LogP contribution in [0, 0.1) is 0 Å². The lowest BCUT2D eigenvalue weighted by Crippen LogP contribution is -2.28. The van der Waals surface area contributed by atoms with Crippen molar-refractivity contribution in [2.75, 3.05) is 13.5 Å². The van der Waals surface area contributed by atoms with Crippen LogP contribution in [0.1, 0.15) is 9.81 Å². The lowest BCUT2D eigenvalue weighted by atomic mass is 10.3. The van der Waals surface area contributed by atoms with Crippen LogP contribution in [0.4, 0.5) is 0 Å².